The number of hydrogen-bond acceptors (Lipinski definition) is 6. The van der Waals surface area contributed by atoms with Gasteiger partial charge in [0.05, 0.1) is 28.9 Å². The monoisotopic (exact) mass is 490 g/mol. The molecule has 1 N–H and O–H groups in total. The van der Waals surface area contributed by atoms with Crippen LogP contribution in [-0.4, -0.2) is 47.0 Å². The summed E-state index contributed by atoms with van der Waals surface area (Å²) in [6.45, 7) is 8.15. The van der Waals surface area contributed by atoms with E-state index in [1.807, 2.05) is 16.6 Å². The lowest BCUT2D eigenvalue weighted by atomic mass is 9.87. The lowest BCUT2D eigenvalue weighted by Gasteiger charge is -2.35. The van der Waals surface area contributed by atoms with E-state index in [1.54, 1.807) is 18.4 Å². The standard InChI is InChI=1S/C28H34N4O2S/c1-3-4-5-26(28(33)29-2)32-17-24-15-22(7-8-23(24)18-34-32)21-10-12-31(13-11-21)16-20-6-9-27-25(14-20)30-19-35-27/h3,6-9,14-15,19,21,26H,1,4-5,10-13,16-18H2,2H3,(H,29,33). The molecule has 3 aromatic rings. The van der Waals surface area contributed by atoms with E-state index in [-0.39, 0.29) is 11.9 Å². The van der Waals surface area contributed by atoms with Crippen LogP contribution in [0.2, 0.25) is 0 Å². The number of benzene rings is 2. The fraction of sp³-hybridized carbons (Fsp3) is 0.429. The molecule has 2 aliphatic heterocycles. The summed E-state index contributed by atoms with van der Waals surface area (Å²) < 4.78 is 1.26. The summed E-state index contributed by atoms with van der Waals surface area (Å²) >= 11 is 1.70. The summed E-state index contributed by atoms with van der Waals surface area (Å²) in [5, 5.41) is 4.64. The molecule has 3 heterocycles. The van der Waals surface area contributed by atoms with Gasteiger partial charge in [0, 0.05) is 13.6 Å². The third kappa shape index (κ3) is 5.48. The molecule has 5 rings (SSSR count). The van der Waals surface area contributed by atoms with E-state index in [1.165, 1.54) is 27.0 Å². The molecule has 2 aliphatic rings. The molecule has 7 heteroatoms. The first kappa shape index (κ1) is 24.1. The molecule has 0 radical (unpaired) electrons. The molecule has 1 aromatic heterocycles. The van der Waals surface area contributed by atoms with E-state index in [0.29, 0.717) is 25.5 Å². The van der Waals surface area contributed by atoms with Crippen LogP contribution in [0, 0.1) is 0 Å². The highest BCUT2D eigenvalue weighted by Crippen LogP contribution is 2.32. The fourth-order valence-electron chi connectivity index (χ4n) is 5.29. The van der Waals surface area contributed by atoms with Gasteiger partial charge in [-0.3, -0.25) is 14.5 Å². The second kappa shape index (κ2) is 11.0. The summed E-state index contributed by atoms with van der Waals surface area (Å²) in [4.78, 5) is 25.5. The summed E-state index contributed by atoms with van der Waals surface area (Å²) in [5.74, 6) is 0.567. The molecule has 1 atom stereocenters. The zero-order chi connectivity index (χ0) is 24.2. The van der Waals surface area contributed by atoms with E-state index in [2.05, 4.69) is 58.2 Å². The van der Waals surface area contributed by atoms with Gasteiger partial charge in [-0.1, -0.05) is 30.3 Å². The average Bonchev–Trinajstić information content (AvgIpc) is 3.37. The van der Waals surface area contributed by atoms with Gasteiger partial charge in [0.15, 0.2) is 0 Å². The van der Waals surface area contributed by atoms with Crippen molar-refractivity contribution in [3.8, 4) is 0 Å². The van der Waals surface area contributed by atoms with Crippen LogP contribution in [-0.2, 0) is 29.3 Å². The first-order valence-corrected chi connectivity index (χ1v) is 13.4. The molecule has 0 aliphatic carbocycles. The lowest BCUT2D eigenvalue weighted by Crippen LogP contribution is -2.46. The number of piperidine rings is 1. The minimum atomic E-state index is -0.304. The predicted octanol–water partition coefficient (Wildman–Crippen LogP) is 5.00. The van der Waals surface area contributed by atoms with Gasteiger partial charge in [0.2, 0.25) is 5.91 Å². The minimum Gasteiger partial charge on any atom is -0.358 e. The number of carbonyl (C=O) groups is 1. The molecule has 2 aromatic carbocycles. The quantitative estimate of drug-likeness (QED) is 0.450. The number of likely N-dealkylation sites (N-methyl/N-ethyl adjacent to an activating group) is 1. The maximum atomic E-state index is 12.5. The van der Waals surface area contributed by atoms with E-state index < -0.39 is 0 Å². The number of hydroxylamine groups is 2. The highest BCUT2D eigenvalue weighted by Gasteiger charge is 2.30. The van der Waals surface area contributed by atoms with Crippen LogP contribution in [0.15, 0.2) is 54.6 Å². The van der Waals surface area contributed by atoms with Crippen molar-refractivity contribution in [3.63, 3.8) is 0 Å². The molecular weight excluding hydrogens is 456 g/mol. The van der Waals surface area contributed by atoms with Gasteiger partial charge in [-0.25, -0.2) is 4.98 Å². The fourth-order valence-corrected chi connectivity index (χ4v) is 5.95. The van der Waals surface area contributed by atoms with Gasteiger partial charge in [0.1, 0.15) is 6.04 Å². The number of likely N-dealkylation sites (tertiary alicyclic amines) is 1. The normalized spacial score (nSPS) is 18.3. The molecule has 1 saturated heterocycles. The second-order valence-electron chi connectivity index (χ2n) is 9.58. The van der Waals surface area contributed by atoms with Crippen molar-refractivity contribution >= 4 is 27.5 Å². The van der Waals surface area contributed by atoms with Gasteiger partial charge in [0.25, 0.3) is 0 Å². The number of nitrogens with one attached hydrogen (secondary N) is 1. The maximum absolute atomic E-state index is 12.5. The van der Waals surface area contributed by atoms with Crippen LogP contribution in [0.4, 0.5) is 0 Å². The molecule has 0 saturated carbocycles. The topological polar surface area (TPSA) is 57.7 Å². The number of nitrogens with zero attached hydrogens (tertiary/aromatic N) is 3. The summed E-state index contributed by atoms with van der Waals surface area (Å²) in [6.07, 6.45) is 5.67. The number of thiazole rings is 1. The third-order valence-corrected chi connectivity index (χ3v) is 8.15. The number of aromatic nitrogens is 1. The molecule has 1 fully saturated rings. The minimum absolute atomic E-state index is 0.00671. The molecule has 6 nitrogen and oxygen atoms in total. The first-order valence-electron chi connectivity index (χ1n) is 12.5. The van der Waals surface area contributed by atoms with E-state index >= 15 is 0 Å². The smallest absolute Gasteiger partial charge is 0.239 e. The van der Waals surface area contributed by atoms with Crippen molar-refractivity contribution in [1.82, 2.24) is 20.3 Å². The van der Waals surface area contributed by atoms with Crippen molar-refractivity contribution < 1.29 is 9.63 Å². The second-order valence-corrected chi connectivity index (χ2v) is 10.5. The molecule has 0 bridgehead atoms. The molecule has 1 amide bonds. The van der Waals surface area contributed by atoms with Crippen LogP contribution in [0.3, 0.4) is 0 Å². The average molecular weight is 491 g/mol. The number of allylic oxidation sites excluding steroid dienone is 1. The number of carbonyl (C=O) groups excluding carboxylic acids is 1. The van der Waals surface area contributed by atoms with Crippen LogP contribution in [0.1, 0.15) is 53.9 Å². The SMILES string of the molecule is C=CCCC(C(=O)NC)N1Cc2cc(C3CCN(Cc4ccc5scnc5c4)CC3)ccc2CO1. The Hall–Kier alpha value is -2.58. The molecule has 1 unspecified atom stereocenters. The Labute approximate surface area is 211 Å². The Bertz CT molecular complexity index is 1180. The Morgan fingerprint density at radius 3 is 2.91 bits per heavy atom. The Balaban J connectivity index is 1.21. The van der Waals surface area contributed by atoms with Crippen LogP contribution < -0.4 is 5.32 Å². The number of rotatable bonds is 8. The van der Waals surface area contributed by atoms with Gasteiger partial charge < -0.3 is 5.32 Å². The summed E-state index contributed by atoms with van der Waals surface area (Å²) in [5.41, 5.74) is 8.29. The lowest BCUT2D eigenvalue weighted by molar-refractivity contribution is -0.214. The Morgan fingerprint density at radius 2 is 2.11 bits per heavy atom. The van der Waals surface area contributed by atoms with Crippen molar-refractivity contribution in [2.75, 3.05) is 20.1 Å². The zero-order valence-corrected chi connectivity index (χ0v) is 21.2. The predicted molar refractivity (Wildman–Crippen MR) is 141 cm³/mol. The number of amides is 1. The highest BCUT2D eigenvalue weighted by atomic mass is 32.1. The molecule has 0 spiro atoms. The summed E-state index contributed by atoms with van der Waals surface area (Å²) in [6, 6.07) is 13.2. The summed E-state index contributed by atoms with van der Waals surface area (Å²) in [7, 11) is 1.68. The third-order valence-electron chi connectivity index (χ3n) is 7.34. The van der Waals surface area contributed by atoms with Gasteiger partial charge in [-0.05, 0) is 79.1 Å². The van der Waals surface area contributed by atoms with Crippen molar-refractivity contribution in [2.45, 2.75) is 57.3 Å². The van der Waals surface area contributed by atoms with E-state index in [9.17, 15) is 4.79 Å². The van der Waals surface area contributed by atoms with E-state index in [4.69, 9.17) is 4.84 Å². The molecule has 35 heavy (non-hydrogen) atoms. The van der Waals surface area contributed by atoms with Crippen LogP contribution >= 0.6 is 11.3 Å². The van der Waals surface area contributed by atoms with Crippen LogP contribution in [0.25, 0.3) is 10.2 Å². The molecular formula is C28H34N4O2S. The largest absolute Gasteiger partial charge is 0.358 e. The van der Waals surface area contributed by atoms with Crippen LogP contribution in [0.5, 0.6) is 0 Å². The number of hydrogen-bond donors (Lipinski definition) is 1. The van der Waals surface area contributed by atoms with Gasteiger partial charge >= 0.3 is 0 Å². The Kier molecular flexibility index (Phi) is 7.58. The van der Waals surface area contributed by atoms with Crippen molar-refractivity contribution in [3.05, 3.63) is 76.8 Å². The maximum Gasteiger partial charge on any atom is 0.239 e. The zero-order valence-electron chi connectivity index (χ0n) is 20.4. The van der Waals surface area contributed by atoms with Gasteiger partial charge in [-0.2, -0.15) is 5.06 Å². The van der Waals surface area contributed by atoms with Crippen molar-refractivity contribution in [1.29, 1.82) is 0 Å². The van der Waals surface area contributed by atoms with E-state index in [0.717, 1.165) is 44.4 Å². The molecule has 184 valence electrons. The highest BCUT2D eigenvalue weighted by molar-refractivity contribution is 7.16. The first-order chi connectivity index (χ1) is 17.1. The number of fused-ring (bicyclic) bond motifs is 2. The van der Waals surface area contributed by atoms with Crippen molar-refractivity contribution in [2.24, 2.45) is 0 Å². The van der Waals surface area contributed by atoms with Gasteiger partial charge in [-0.15, -0.1) is 17.9 Å². The Morgan fingerprint density at radius 1 is 1.26 bits per heavy atom.